The van der Waals surface area contributed by atoms with E-state index in [1.807, 2.05) is 13.8 Å². The highest BCUT2D eigenvalue weighted by atomic mass is 14.1. The maximum atomic E-state index is 2.27. The summed E-state index contributed by atoms with van der Waals surface area (Å²) in [6.45, 7) is 16.8. The molecule has 0 radical (unpaired) electrons. The van der Waals surface area contributed by atoms with Gasteiger partial charge in [0.2, 0.25) is 0 Å². The second kappa shape index (κ2) is 11.7. The molecule has 1 aromatic rings. The van der Waals surface area contributed by atoms with Crippen LogP contribution in [0.25, 0.3) is 11.6 Å². The lowest BCUT2D eigenvalue weighted by molar-refractivity contribution is 1.09. The maximum absolute atomic E-state index is 2.27. The lowest BCUT2D eigenvalue weighted by Gasteiger charge is -2.12. The fraction of sp³-hybridized carbons (Fsp3) is 0.391. The van der Waals surface area contributed by atoms with Crippen molar-refractivity contribution in [1.29, 1.82) is 0 Å². The quantitative estimate of drug-likeness (QED) is 0.497. The van der Waals surface area contributed by atoms with Gasteiger partial charge in [-0.05, 0) is 55.5 Å². The molecule has 0 atom stereocenters. The molecule has 1 aromatic carbocycles. The summed E-state index contributed by atoms with van der Waals surface area (Å²) >= 11 is 0. The van der Waals surface area contributed by atoms with Crippen molar-refractivity contribution in [3.05, 3.63) is 70.3 Å². The van der Waals surface area contributed by atoms with Gasteiger partial charge in [-0.1, -0.05) is 88.3 Å². The minimum atomic E-state index is 1.25. The topological polar surface area (TPSA) is 0 Å². The van der Waals surface area contributed by atoms with Crippen LogP contribution in [0.3, 0.4) is 0 Å². The van der Waals surface area contributed by atoms with Gasteiger partial charge in [0, 0.05) is 0 Å². The summed E-state index contributed by atoms with van der Waals surface area (Å²) < 4.78 is 0. The normalized spacial score (nSPS) is 19.0. The molecule has 0 spiro atoms. The number of hydrogen-bond donors (Lipinski definition) is 0. The molecule has 0 heteroatoms. The van der Waals surface area contributed by atoms with Crippen LogP contribution in [-0.4, -0.2) is 0 Å². The fourth-order valence-electron chi connectivity index (χ4n) is 2.21. The molecule has 0 unspecified atom stereocenters. The van der Waals surface area contributed by atoms with Gasteiger partial charge in [0.05, 0.1) is 0 Å². The molecule has 0 bridgehead atoms. The van der Waals surface area contributed by atoms with Crippen molar-refractivity contribution >= 4 is 11.6 Å². The maximum Gasteiger partial charge on any atom is -0.0154 e. The first-order valence-electron chi connectivity index (χ1n) is 8.84. The Kier molecular flexibility index (Phi) is 10.8. The Morgan fingerprint density at radius 3 is 2.26 bits per heavy atom. The fourth-order valence-corrected chi connectivity index (χ4v) is 2.21. The molecule has 0 nitrogen and oxygen atoms in total. The second-order valence-corrected chi connectivity index (χ2v) is 5.58. The first-order chi connectivity index (χ1) is 11.0. The third-order valence-electron chi connectivity index (χ3n) is 3.44. The van der Waals surface area contributed by atoms with Gasteiger partial charge in [-0.3, -0.25) is 0 Å². The molecule has 0 saturated carbocycles. The number of aryl methyl sites for hydroxylation is 1. The van der Waals surface area contributed by atoms with E-state index < -0.39 is 0 Å². The highest BCUT2D eigenvalue weighted by Gasteiger charge is 2.06. The van der Waals surface area contributed by atoms with Crippen LogP contribution in [0, 0.1) is 6.92 Å². The summed E-state index contributed by atoms with van der Waals surface area (Å²) in [4.78, 5) is 0. The molecular formula is C23H34. The summed E-state index contributed by atoms with van der Waals surface area (Å²) in [5.41, 5.74) is 7.86. The molecule has 0 amide bonds. The van der Waals surface area contributed by atoms with E-state index in [2.05, 4.69) is 90.1 Å². The summed E-state index contributed by atoms with van der Waals surface area (Å²) in [6.07, 6.45) is 12.2. The predicted octanol–water partition coefficient (Wildman–Crippen LogP) is 7.76. The zero-order chi connectivity index (χ0) is 17.8. The molecular weight excluding hydrogens is 276 g/mol. The smallest absolute Gasteiger partial charge is 0.0154 e. The average Bonchev–Trinajstić information content (AvgIpc) is 2.54. The zero-order valence-corrected chi connectivity index (χ0v) is 16.3. The van der Waals surface area contributed by atoms with Crippen molar-refractivity contribution in [2.75, 3.05) is 0 Å². The Hall–Kier alpha value is -1.82. The van der Waals surface area contributed by atoms with Gasteiger partial charge in [-0.15, -0.1) is 0 Å². The van der Waals surface area contributed by atoms with E-state index in [-0.39, 0.29) is 0 Å². The van der Waals surface area contributed by atoms with Crippen LogP contribution in [0.4, 0.5) is 0 Å². The van der Waals surface area contributed by atoms with Gasteiger partial charge >= 0.3 is 0 Å². The van der Waals surface area contributed by atoms with E-state index in [0.29, 0.717) is 0 Å². The molecule has 23 heavy (non-hydrogen) atoms. The number of allylic oxidation sites excluding steroid dienone is 7. The van der Waals surface area contributed by atoms with Gasteiger partial charge in [0.15, 0.2) is 0 Å². The van der Waals surface area contributed by atoms with Crippen LogP contribution in [0.5, 0.6) is 0 Å². The molecule has 2 rings (SSSR count). The summed E-state index contributed by atoms with van der Waals surface area (Å²) in [6, 6.07) is 6.64. The van der Waals surface area contributed by atoms with E-state index in [9.17, 15) is 0 Å². The Bertz CT molecular complexity index is 592. The number of rotatable bonds is 1. The molecule has 126 valence electrons. The second-order valence-electron chi connectivity index (χ2n) is 5.58. The third kappa shape index (κ3) is 6.86. The van der Waals surface area contributed by atoms with Crippen LogP contribution in [0.1, 0.15) is 71.6 Å². The average molecular weight is 311 g/mol. The molecule has 1 aliphatic rings. The summed E-state index contributed by atoms with van der Waals surface area (Å²) in [5.74, 6) is 0. The lowest BCUT2D eigenvalue weighted by Crippen LogP contribution is -1.91. The lowest BCUT2D eigenvalue weighted by atomic mass is 9.93. The standard InChI is InChI=1S/C18H20.C3H8.C2H6/c1-5-14(3)16-7-6-8-17-11-13(2)9-10-18(17)15(4)12-16;1-3-2;1-2/h5-12H,1-4H3;3H2,1-2H3;1-2H3/b7-6?,8-6+,14-5+,15-12-,16-7+,16-12?,17-8?,18-15?;;. The van der Waals surface area contributed by atoms with E-state index in [1.165, 1.54) is 39.8 Å². The molecule has 0 fully saturated rings. The van der Waals surface area contributed by atoms with Crippen LogP contribution in [0.2, 0.25) is 0 Å². The first-order valence-corrected chi connectivity index (χ1v) is 8.84. The SMILES string of the molecule is C/C=C(C)/C1=C/C=C/c2cc(C)ccc2/C(C)=C\1.CC.CCC. The van der Waals surface area contributed by atoms with Gasteiger partial charge in [-0.25, -0.2) is 0 Å². The minimum Gasteiger partial charge on any atom is -0.0841 e. The highest BCUT2D eigenvalue weighted by Crippen LogP contribution is 2.26. The third-order valence-corrected chi connectivity index (χ3v) is 3.44. The minimum absolute atomic E-state index is 1.25. The van der Waals surface area contributed by atoms with Crippen molar-refractivity contribution in [2.24, 2.45) is 0 Å². The van der Waals surface area contributed by atoms with Gasteiger partial charge < -0.3 is 0 Å². The van der Waals surface area contributed by atoms with E-state index in [1.54, 1.807) is 0 Å². The molecule has 0 aromatic heterocycles. The Labute approximate surface area is 144 Å². The monoisotopic (exact) mass is 310 g/mol. The van der Waals surface area contributed by atoms with Crippen LogP contribution >= 0.6 is 0 Å². The largest absolute Gasteiger partial charge is 0.0841 e. The number of hydrogen-bond acceptors (Lipinski definition) is 0. The van der Waals surface area contributed by atoms with Crippen LogP contribution in [-0.2, 0) is 0 Å². The summed E-state index contributed by atoms with van der Waals surface area (Å²) in [5, 5.41) is 0. The van der Waals surface area contributed by atoms with Gasteiger partial charge in [0.25, 0.3) is 0 Å². The van der Waals surface area contributed by atoms with E-state index >= 15 is 0 Å². The van der Waals surface area contributed by atoms with Crippen LogP contribution in [0.15, 0.2) is 53.6 Å². The van der Waals surface area contributed by atoms with Crippen LogP contribution < -0.4 is 0 Å². The number of fused-ring (bicyclic) bond motifs is 1. The van der Waals surface area contributed by atoms with Crippen molar-refractivity contribution in [3.63, 3.8) is 0 Å². The van der Waals surface area contributed by atoms with E-state index in [4.69, 9.17) is 0 Å². The van der Waals surface area contributed by atoms with Crippen molar-refractivity contribution in [1.82, 2.24) is 0 Å². The molecule has 0 saturated heterocycles. The van der Waals surface area contributed by atoms with Gasteiger partial charge in [0.1, 0.15) is 0 Å². The summed E-state index contributed by atoms with van der Waals surface area (Å²) in [7, 11) is 0. The van der Waals surface area contributed by atoms with Crippen molar-refractivity contribution in [2.45, 2.75) is 61.8 Å². The first kappa shape index (κ1) is 21.2. The Morgan fingerprint density at radius 1 is 1.09 bits per heavy atom. The van der Waals surface area contributed by atoms with E-state index in [0.717, 1.165) is 0 Å². The van der Waals surface area contributed by atoms with Gasteiger partial charge in [-0.2, -0.15) is 0 Å². The molecule has 1 aliphatic carbocycles. The predicted molar refractivity (Wildman–Crippen MR) is 109 cm³/mol. The number of benzene rings is 1. The van der Waals surface area contributed by atoms with Crippen molar-refractivity contribution in [3.8, 4) is 0 Å². The molecule has 0 N–H and O–H groups in total. The zero-order valence-electron chi connectivity index (χ0n) is 16.3. The molecule has 0 aliphatic heterocycles. The van der Waals surface area contributed by atoms with Crippen molar-refractivity contribution < 1.29 is 0 Å². The Balaban J connectivity index is 0.000000868. The molecule has 0 heterocycles. The highest BCUT2D eigenvalue weighted by molar-refractivity contribution is 5.77. The Morgan fingerprint density at radius 2 is 1.70 bits per heavy atom.